The number of amides is 2. The third kappa shape index (κ3) is 3.86. The van der Waals surface area contributed by atoms with Gasteiger partial charge in [-0.05, 0) is 31.4 Å². The highest BCUT2D eigenvalue weighted by Gasteiger charge is 2.43. The average Bonchev–Trinajstić information content (AvgIpc) is 2.65. The third-order valence-corrected chi connectivity index (χ3v) is 4.58. The van der Waals surface area contributed by atoms with Gasteiger partial charge < -0.3 is 10.2 Å². The van der Waals surface area contributed by atoms with E-state index < -0.39 is 5.41 Å². The van der Waals surface area contributed by atoms with Crippen molar-refractivity contribution in [3.8, 4) is 11.8 Å². The van der Waals surface area contributed by atoms with Crippen LogP contribution in [0.3, 0.4) is 0 Å². The summed E-state index contributed by atoms with van der Waals surface area (Å²) in [6, 6.07) is 9.84. The van der Waals surface area contributed by atoms with Crippen LogP contribution in [0.2, 0.25) is 0 Å². The highest BCUT2D eigenvalue weighted by atomic mass is 16.2. The van der Waals surface area contributed by atoms with E-state index in [1.807, 2.05) is 30.3 Å². The van der Waals surface area contributed by atoms with Crippen molar-refractivity contribution in [3.63, 3.8) is 0 Å². The van der Waals surface area contributed by atoms with Crippen LogP contribution in [0.5, 0.6) is 0 Å². The molecule has 1 saturated heterocycles. The lowest BCUT2D eigenvalue weighted by atomic mass is 9.72. The molecule has 1 fully saturated rings. The maximum absolute atomic E-state index is 12.9. The molecule has 1 N–H and O–H groups in total. The van der Waals surface area contributed by atoms with Crippen LogP contribution in [0, 0.1) is 11.8 Å². The first-order chi connectivity index (χ1) is 11.6. The monoisotopic (exact) mass is 324 g/mol. The summed E-state index contributed by atoms with van der Waals surface area (Å²) >= 11 is 0. The fourth-order valence-corrected chi connectivity index (χ4v) is 3.17. The number of benzene rings is 1. The van der Waals surface area contributed by atoms with Gasteiger partial charge in [-0.25, -0.2) is 0 Å². The summed E-state index contributed by atoms with van der Waals surface area (Å²) < 4.78 is 0. The number of rotatable bonds is 5. The molecule has 0 unspecified atom stereocenters. The summed E-state index contributed by atoms with van der Waals surface area (Å²) in [5.41, 5.74) is 0.425. The maximum atomic E-state index is 12.9. The van der Waals surface area contributed by atoms with E-state index in [-0.39, 0.29) is 11.8 Å². The maximum Gasteiger partial charge on any atom is 0.245 e. The smallest absolute Gasteiger partial charge is 0.245 e. The number of nitrogens with one attached hydrogen (secondary N) is 1. The Kier molecular flexibility index (Phi) is 6.20. The summed E-state index contributed by atoms with van der Waals surface area (Å²) in [6.45, 7) is 6.99. The van der Waals surface area contributed by atoms with Crippen LogP contribution in [0.15, 0.2) is 43.0 Å². The van der Waals surface area contributed by atoms with Crippen LogP contribution in [-0.4, -0.2) is 36.3 Å². The summed E-state index contributed by atoms with van der Waals surface area (Å²) in [5, 5.41) is 3.02. The number of carbonyl (C=O) groups excluding carboxylic acids is 2. The van der Waals surface area contributed by atoms with Crippen LogP contribution in [0.4, 0.5) is 0 Å². The predicted molar refractivity (Wildman–Crippen MR) is 95.2 cm³/mol. The van der Waals surface area contributed by atoms with Gasteiger partial charge >= 0.3 is 0 Å². The Hall–Kier alpha value is -2.54. The van der Waals surface area contributed by atoms with Gasteiger partial charge in [-0.2, -0.15) is 0 Å². The Morgan fingerprint density at radius 3 is 2.54 bits per heavy atom. The second-order valence-corrected chi connectivity index (χ2v) is 5.91. The molecule has 1 aromatic carbocycles. The molecule has 0 bridgehead atoms. The normalized spacial score (nSPS) is 15.8. The van der Waals surface area contributed by atoms with Gasteiger partial charge in [0.2, 0.25) is 11.8 Å². The lowest BCUT2D eigenvalue weighted by Crippen LogP contribution is -2.52. The first kappa shape index (κ1) is 17.8. The molecule has 0 atom stereocenters. The van der Waals surface area contributed by atoms with Crippen molar-refractivity contribution in [2.75, 3.05) is 19.6 Å². The van der Waals surface area contributed by atoms with Gasteiger partial charge in [-0.1, -0.05) is 36.9 Å². The second kappa shape index (κ2) is 8.35. The number of hydrogen-bond donors (Lipinski definition) is 1. The van der Waals surface area contributed by atoms with E-state index in [0.717, 1.165) is 5.56 Å². The molecule has 1 aliphatic rings. The van der Waals surface area contributed by atoms with Crippen molar-refractivity contribution in [3.05, 3.63) is 48.6 Å². The molecule has 1 aliphatic heterocycles. The van der Waals surface area contributed by atoms with Crippen molar-refractivity contribution in [1.29, 1.82) is 0 Å². The molecule has 1 heterocycles. The van der Waals surface area contributed by atoms with E-state index in [2.05, 4.69) is 23.7 Å². The molecule has 2 rings (SSSR count). The molecule has 0 aromatic heterocycles. The Morgan fingerprint density at radius 2 is 1.96 bits per heavy atom. The first-order valence-electron chi connectivity index (χ1n) is 8.29. The van der Waals surface area contributed by atoms with E-state index in [9.17, 15) is 9.59 Å². The molecule has 0 saturated carbocycles. The fraction of sp³-hybridized carbons (Fsp3) is 0.400. The topological polar surface area (TPSA) is 49.4 Å². The van der Waals surface area contributed by atoms with E-state index in [4.69, 9.17) is 0 Å². The SMILES string of the molecule is C=CC(=O)N1CCC(C(=O)NCCC#CC)(c2ccccc2)CC1. The van der Waals surface area contributed by atoms with Gasteiger partial charge in [0.1, 0.15) is 0 Å². The Bertz CT molecular complexity index is 647. The number of nitrogens with zero attached hydrogens (tertiary/aromatic N) is 1. The summed E-state index contributed by atoms with van der Waals surface area (Å²) in [4.78, 5) is 26.5. The number of piperidine rings is 1. The molecule has 0 aliphatic carbocycles. The van der Waals surface area contributed by atoms with Crippen LogP contribution < -0.4 is 5.32 Å². The van der Waals surface area contributed by atoms with Crippen LogP contribution >= 0.6 is 0 Å². The molecule has 0 radical (unpaired) electrons. The zero-order valence-corrected chi connectivity index (χ0v) is 14.2. The van der Waals surface area contributed by atoms with Crippen molar-refractivity contribution in [1.82, 2.24) is 10.2 Å². The molecule has 126 valence electrons. The van der Waals surface area contributed by atoms with Gasteiger partial charge in [-0.15, -0.1) is 11.8 Å². The quantitative estimate of drug-likeness (QED) is 0.513. The molecule has 1 aromatic rings. The fourth-order valence-electron chi connectivity index (χ4n) is 3.17. The van der Waals surface area contributed by atoms with Crippen molar-refractivity contribution in [2.24, 2.45) is 0 Å². The number of hydrogen-bond acceptors (Lipinski definition) is 2. The van der Waals surface area contributed by atoms with Crippen LogP contribution in [0.25, 0.3) is 0 Å². The minimum absolute atomic E-state index is 0.0253. The second-order valence-electron chi connectivity index (χ2n) is 5.91. The lowest BCUT2D eigenvalue weighted by Gasteiger charge is -2.40. The predicted octanol–water partition coefficient (Wildman–Crippen LogP) is 2.26. The molecular weight excluding hydrogens is 300 g/mol. The van der Waals surface area contributed by atoms with Crippen molar-refractivity contribution < 1.29 is 9.59 Å². The largest absolute Gasteiger partial charge is 0.354 e. The average molecular weight is 324 g/mol. The molecule has 4 heteroatoms. The Balaban J connectivity index is 2.17. The molecule has 0 spiro atoms. The highest BCUT2D eigenvalue weighted by molar-refractivity contribution is 5.90. The van der Waals surface area contributed by atoms with E-state index in [1.165, 1.54) is 6.08 Å². The summed E-state index contributed by atoms with van der Waals surface area (Å²) in [5.74, 6) is 5.74. The summed E-state index contributed by atoms with van der Waals surface area (Å²) in [7, 11) is 0. The third-order valence-electron chi connectivity index (χ3n) is 4.58. The van der Waals surface area contributed by atoms with Gasteiger partial charge in [0.25, 0.3) is 0 Å². The van der Waals surface area contributed by atoms with Crippen LogP contribution in [-0.2, 0) is 15.0 Å². The van der Waals surface area contributed by atoms with Gasteiger partial charge in [0.15, 0.2) is 0 Å². The first-order valence-corrected chi connectivity index (χ1v) is 8.29. The van der Waals surface area contributed by atoms with E-state index >= 15 is 0 Å². The van der Waals surface area contributed by atoms with Crippen molar-refractivity contribution in [2.45, 2.75) is 31.6 Å². The number of carbonyl (C=O) groups is 2. The zero-order chi connectivity index (χ0) is 17.4. The van der Waals surface area contributed by atoms with Gasteiger partial charge in [0.05, 0.1) is 5.41 Å². The van der Waals surface area contributed by atoms with Gasteiger partial charge in [0, 0.05) is 26.1 Å². The van der Waals surface area contributed by atoms with Crippen molar-refractivity contribution >= 4 is 11.8 Å². The minimum atomic E-state index is -0.584. The molecule has 4 nitrogen and oxygen atoms in total. The zero-order valence-electron chi connectivity index (χ0n) is 14.2. The highest BCUT2D eigenvalue weighted by Crippen LogP contribution is 2.36. The minimum Gasteiger partial charge on any atom is -0.354 e. The standard InChI is InChI=1S/C20H24N2O2/c1-3-5-9-14-21-19(24)20(17-10-7-6-8-11-17)12-15-22(16-13-20)18(23)4-2/h4,6-8,10-11H,2,9,12-16H2,1H3,(H,21,24). The van der Waals surface area contributed by atoms with E-state index in [1.54, 1.807) is 11.8 Å². The molecule has 24 heavy (non-hydrogen) atoms. The van der Waals surface area contributed by atoms with Crippen LogP contribution in [0.1, 0.15) is 31.7 Å². The molecular formula is C20H24N2O2. The van der Waals surface area contributed by atoms with Gasteiger partial charge in [-0.3, -0.25) is 9.59 Å². The summed E-state index contributed by atoms with van der Waals surface area (Å²) in [6.07, 6.45) is 3.21. The number of likely N-dealkylation sites (tertiary alicyclic amines) is 1. The van der Waals surface area contributed by atoms with E-state index in [0.29, 0.717) is 38.9 Å². The molecule has 2 amide bonds. The Morgan fingerprint density at radius 1 is 1.29 bits per heavy atom. The Labute approximate surface area is 143 Å². The lowest BCUT2D eigenvalue weighted by molar-refractivity contribution is -0.133.